The van der Waals surface area contributed by atoms with Crippen LogP contribution in [0.1, 0.15) is 17.2 Å². The van der Waals surface area contributed by atoms with E-state index in [-0.39, 0.29) is 11.4 Å². The Morgan fingerprint density at radius 1 is 1.24 bits per heavy atom. The summed E-state index contributed by atoms with van der Waals surface area (Å²) in [6.07, 6.45) is -1.30. The second-order valence-corrected chi connectivity index (χ2v) is 4.48. The highest BCUT2D eigenvalue weighted by molar-refractivity contribution is 5.75. The van der Waals surface area contributed by atoms with Crippen molar-refractivity contribution >= 4 is 11.7 Å². The fourth-order valence-corrected chi connectivity index (χ4v) is 1.89. The minimum absolute atomic E-state index is 0.0677. The zero-order valence-corrected chi connectivity index (χ0v) is 11.2. The van der Waals surface area contributed by atoms with Gasteiger partial charge in [0.2, 0.25) is 6.10 Å². The summed E-state index contributed by atoms with van der Waals surface area (Å²) >= 11 is 0. The quantitative estimate of drug-likeness (QED) is 0.674. The van der Waals surface area contributed by atoms with E-state index in [4.69, 9.17) is 4.74 Å². The number of carboxylic acid groups (broad SMARTS) is 1. The fraction of sp³-hybridized carbons (Fsp3) is 0.133. The molecule has 0 radical (unpaired) electrons. The smallest absolute Gasteiger partial charge is 0.349 e. The lowest BCUT2D eigenvalue weighted by Gasteiger charge is -2.15. The van der Waals surface area contributed by atoms with Crippen LogP contribution >= 0.6 is 0 Å². The van der Waals surface area contributed by atoms with Gasteiger partial charge in [-0.15, -0.1) is 0 Å². The van der Waals surface area contributed by atoms with Crippen molar-refractivity contribution in [2.24, 2.45) is 0 Å². The number of rotatable bonds is 5. The van der Waals surface area contributed by atoms with Crippen LogP contribution in [0.15, 0.2) is 48.5 Å². The molecule has 6 nitrogen and oxygen atoms in total. The molecule has 1 unspecified atom stereocenters. The van der Waals surface area contributed by atoms with Gasteiger partial charge in [-0.05, 0) is 18.6 Å². The maximum Gasteiger partial charge on any atom is 0.349 e. The number of nitro benzene ring substituents is 1. The van der Waals surface area contributed by atoms with E-state index in [1.165, 1.54) is 12.1 Å². The highest BCUT2D eigenvalue weighted by Gasteiger charge is 2.25. The Morgan fingerprint density at radius 2 is 1.90 bits per heavy atom. The summed E-state index contributed by atoms with van der Waals surface area (Å²) in [4.78, 5) is 21.8. The number of nitrogens with zero attached hydrogens (tertiary/aromatic N) is 1. The van der Waals surface area contributed by atoms with Crippen LogP contribution in [0.4, 0.5) is 5.69 Å². The molecule has 2 aromatic carbocycles. The van der Waals surface area contributed by atoms with Gasteiger partial charge in [0.1, 0.15) is 0 Å². The van der Waals surface area contributed by atoms with Gasteiger partial charge in [0.15, 0.2) is 5.75 Å². The monoisotopic (exact) mass is 287 g/mol. The molecule has 0 fully saturated rings. The minimum Gasteiger partial charge on any atom is -0.478 e. The second-order valence-electron chi connectivity index (χ2n) is 4.48. The molecule has 6 heteroatoms. The first-order valence-electron chi connectivity index (χ1n) is 6.18. The van der Waals surface area contributed by atoms with E-state index < -0.39 is 17.0 Å². The maximum absolute atomic E-state index is 11.4. The molecule has 0 aromatic heterocycles. The Kier molecular flexibility index (Phi) is 4.18. The molecule has 1 atom stereocenters. The van der Waals surface area contributed by atoms with Gasteiger partial charge in [0.25, 0.3) is 0 Å². The molecule has 0 aliphatic heterocycles. The number of hydrogen-bond donors (Lipinski definition) is 1. The lowest BCUT2D eigenvalue weighted by molar-refractivity contribution is -0.386. The van der Waals surface area contributed by atoms with Crippen molar-refractivity contribution < 1.29 is 19.6 Å². The van der Waals surface area contributed by atoms with Gasteiger partial charge in [-0.2, -0.15) is 0 Å². The molecule has 0 saturated heterocycles. The van der Waals surface area contributed by atoms with E-state index in [2.05, 4.69) is 0 Å². The Morgan fingerprint density at radius 3 is 2.48 bits per heavy atom. The highest BCUT2D eigenvalue weighted by Crippen LogP contribution is 2.32. The maximum atomic E-state index is 11.4. The number of ether oxygens (including phenoxy) is 1. The number of nitro groups is 1. The standard InChI is InChI=1S/C15H13NO5/c1-10-7-8-13(12(9-10)16(19)20)21-14(15(17)18)11-5-3-2-4-6-11/h2-9,14H,1H3,(H,17,18). The summed E-state index contributed by atoms with van der Waals surface area (Å²) in [5.74, 6) is -1.28. The third kappa shape index (κ3) is 3.36. The van der Waals surface area contributed by atoms with Crippen LogP contribution in [-0.4, -0.2) is 16.0 Å². The summed E-state index contributed by atoms with van der Waals surface area (Å²) in [6, 6.07) is 12.7. The zero-order chi connectivity index (χ0) is 15.4. The van der Waals surface area contributed by atoms with Crippen LogP contribution < -0.4 is 4.74 Å². The topological polar surface area (TPSA) is 89.7 Å². The number of aliphatic carboxylic acids is 1. The van der Waals surface area contributed by atoms with Gasteiger partial charge in [-0.25, -0.2) is 4.79 Å². The molecule has 0 amide bonds. The molecule has 0 saturated carbocycles. The van der Waals surface area contributed by atoms with Crippen LogP contribution in [0, 0.1) is 17.0 Å². The third-order valence-corrected chi connectivity index (χ3v) is 2.88. The number of benzene rings is 2. The molecule has 0 aliphatic rings. The number of carboxylic acids is 1. The summed E-state index contributed by atoms with van der Waals surface area (Å²) in [6.45, 7) is 1.71. The minimum atomic E-state index is -1.30. The average Bonchev–Trinajstić information content (AvgIpc) is 2.46. The molecule has 21 heavy (non-hydrogen) atoms. The van der Waals surface area contributed by atoms with E-state index in [0.717, 1.165) is 0 Å². The van der Waals surface area contributed by atoms with Crippen molar-refractivity contribution in [1.82, 2.24) is 0 Å². The van der Waals surface area contributed by atoms with Crippen LogP contribution in [-0.2, 0) is 4.79 Å². The van der Waals surface area contributed by atoms with Gasteiger partial charge >= 0.3 is 11.7 Å². The molecule has 0 spiro atoms. The first-order chi connectivity index (χ1) is 9.99. The van der Waals surface area contributed by atoms with Crippen molar-refractivity contribution in [1.29, 1.82) is 0 Å². The molecule has 0 heterocycles. The molecule has 108 valence electrons. The van der Waals surface area contributed by atoms with Crippen molar-refractivity contribution in [2.75, 3.05) is 0 Å². The zero-order valence-electron chi connectivity index (χ0n) is 11.2. The van der Waals surface area contributed by atoms with E-state index in [0.29, 0.717) is 11.1 Å². The SMILES string of the molecule is Cc1ccc(OC(C(=O)O)c2ccccc2)c([N+](=O)[O-])c1. The molecular weight excluding hydrogens is 274 g/mol. The predicted molar refractivity (Wildman–Crippen MR) is 75.3 cm³/mol. The second kappa shape index (κ2) is 6.04. The summed E-state index contributed by atoms with van der Waals surface area (Å²) in [5.41, 5.74) is 0.859. The van der Waals surface area contributed by atoms with Gasteiger partial charge in [-0.1, -0.05) is 36.4 Å². The van der Waals surface area contributed by atoms with E-state index in [9.17, 15) is 20.0 Å². The molecule has 2 rings (SSSR count). The predicted octanol–water partition coefficient (Wildman–Crippen LogP) is 3.11. The first-order valence-corrected chi connectivity index (χ1v) is 6.18. The normalized spacial score (nSPS) is 11.7. The van der Waals surface area contributed by atoms with Gasteiger partial charge < -0.3 is 9.84 Å². The van der Waals surface area contributed by atoms with Crippen LogP contribution in [0.5, 0.6) is 5.75 Å². The van der Waals surface area contributed by atoms with Crippen molar-refractivity contribution in [2.45, 2.75) is 13.0 Å². The molecule has 0 bridgehead atoms. The Hall–Kier alpha value is -2.89. The summed E-state index contributed by atoms with van der Waals surface area (Å²) in [5, 5.41) is 20.3. The third-order valence-electron chi connectivity index (χ3n) is 2.88. The van der Waals surface area contributed by atoms with E-state index >= 15 is 0 Å². The van der Waals surface area contributed by atoms with Gasteiger partial charge in [0.05, 0.1) is 4.92 Å². The van der Waals surface area contributed by atoms with Crippen LogP contribution in [0.3, 0.4) is 0 Å². The van der Waals surface area contributed by atoms with Crippen molar-refractivity contribution in [3.05, 3.63) is 69.8 Å². The Labute approximate surface area is 120 Å². The molecule has 1 N–H and O–H groups in total. The lowest BCUT2D eigenvalue weighted by atomic mass is 10.1. The lowest BCUT2D eigenvalue weighted by Crippen LogP contribution is -2.18. The largest absolute Gasteiger partial charge is 0.478 e. The number of hydrogen-bond acceptors (Lipinski definition) is 4. The molecule has 2 aromatic rings. The fourth-order valence-electron chi connectivity index (χ4n) is 1.89. The van der Waals surface area contributed by atoms with Crippen LogP contribution in [0.25, 0.3) is 0 Å². The number of aryl methyl sites for hydroxylation is 1. The van der Waals surface area contributed by atoms with Gasteiger partial charge in [-0.3, -0.25) is 10.1 Å². The van der Waals surface area contributed by atoms with Gasteiger partial charge in [0, 0.05) is 11.6 Å². The average molecular weight is 287 g/mol. The van der Waals surface area contributed by atoms with Crippen molar-refractivity contribution in [3.8, 4) is 5.75 Å². The summed E-state index contributed by atoms with van der Waals surface area (Å²) in [7, 11) is 0. The highest BCUT2D eigenvalue weighted by atomic mass is 16.6. The Bertz CT molecular complexity index is 669. The summed E-state index contributed by atoms with van der Waals surface area (Å²) < 4.78 is 5.37. The van der Waals surface area contributed by atoms with E-state index in [1.54, 1.807) is 43.3 Å². The first kappa shape index (κ1) is 14.5. The molecule has 0 aliphatic carbocycles. The number of carbonyl (C=O) groups is 1. The van der Waals surface area contributed by atoms with Crippen LogP contribution in [0.2, 0.25) is 0 Å². The van der Waals surface area contributed by atoms with Crippen molar-refractivity contribution in [3.63, 3.8) is 0 Å². The Balaban J connectivity index is 2.39. The molecular formula is C15H13NO5. The van der Waals surface area contributed by atoms with E-state index in [1.807, 2.05) is 0 Å².